The highest BCUT2D eigenvalue weighted by atomic mass is 19.1. The molecule has 11 heteroatoms. The lowest BCUT2D eigenvalue weighted by atomic mass is 10.2. The van der Waals surface area contributed by atoms with E-state index in [4.69, 9.17) is 10.1 Å². The number of anilines is 2. The number of aromatic amines is 1. The van der Waals surface area contributed by atoms with Crippen molar-refractivity contribution >= 4 is 29.2 Å². The molecule has 1 aliphatic carbocycles. The number of likely N-dealkylation sites (tertiary alicyclic amines) is 1. The lowest BCUT2D eigenvalue weighted by molar-refractivity contribution is -0.119. The number of H-pyrrole nitrogens is 1. The molecule has 33 heavy (non-hydrogen) atoms. The van der Waals surface area contributed by atoms with Crippen LogP contribution in [0, 0.1) is 5.95 Å². The number of carbonyl (C=O) groups is 1. The molecule has 2 aromatic rings. The molecule has 0 spiro atoms. The maximum absolute atomic E-state index is 13.1. The Morgan fingerprint density at radius 2 is 2.12 bits per heavy atom. The van der Waals surface area contributed by atoms with Gasteiger partial charge in [0.25, 0.3) is 0 Å². The molecule has 0 unspecified atom stereocenters. The maximum Gasteiger partial charge on any atom is 0.247 e. The Bertz CT molecular complexity index is 1160. The second-order valence-corrected chi connectivity index (χ2v) is 8.68. The van der Waals surface area contributed by atoms with Gasteiger partial charge < -0.3 is 15.5 Å². The van der Waals surface area contributed by atoms with Gasteiger partial charge in [0.05, 0.1) is 17.6 Å². The van der Waals surface area contributed by atoms with Gasteiger partial charge in [-0.25, -0.2) is 4.98 Å². The van der Waals surface area contributed by atoms with E-state index in [0.29, 0.717) is 36.4 Å². The van der Waals surface area contributed by atoms with Gasteiger partial charge in [0.15, 0.2) is 11.7 Å². The highest BCUT2D eigenvalue weighted by molar-refractivity contribution is 6.14. The lowest BCUT2D eigenvalue weighted by Crippen LogP contribution is -2.45. The molecule has 1 saturated heterocycles. The smallest absolute Gasteiger partial charge is 0.247 e. The summed E-state index contributed by atoms with van der Waals surface area (Å²) in [7, 11) is 0. The number of amides is 1. The summed E-state index contributed by atoms with van der Waals surface area (Å²) in [5.41, 5.74) is 2.53. The number of hydrogen-bond acceptors (Lipinski definition) is 8. The number of carbonyl (C=O) groups excluding carboxylic acids is 1. The Balaban J connectivity index is 1.22. The van der Waals surface area contributed by atoms with Crippen molar-refractivity contribution in [3.8, 4) is 0 Å². The summed E-state index contributed by atoms with van der Waals surface area (Å²) in [4.78, 5) is 23.3. The quantitative estimate of drug-likeness (QED) is 0.619. The van der Waals surface area contributed by atoms with Crippen LogP contribution in [0.5, 0.6) is 0 Å². The van der Waals surface area contributed by atoms with Gasteiger partial charge in [-0.15, -0.1) is 5.10 Å². The fourth-order valence-electron chi connectivity index (χ4n) is 4.45. The van der Waals surface area contributed by atoms with Crippen LogP contribution in [0.25, 0.3) is 0 Å². The summed E-state index contributed by atoms with van der Waals surface area (Å²) < 4.78 is 13.1. The Hall–Kier alpha value is -3.76. The molecule has 0 radical (unpaired) electrons. The number of rotatable bonds is 4. The summed E-state index contributed by atoms with van der Waals surface area (Å²) in [6, 6.07) is 4.34. The average Bonchev–Trinajstić information content (AvgIpc) is 3.20. The Kier molecular flexibility index (Phi) is 4.81. The molecular formula is C22H24FN9O. The van der Waals surface area contributed by atoms with Crippen molar-refractivity contribution in [2.24, 2.45) is 10.1 Å². The maximum atomic E-state index is 13.1. The number of guanidine groups is 1. The third kappa shape index (κ3) is 3.94. The molecule has 6 rings (SSSR count). The van der Waals surface area contributed by atoms with E-state index >= 15 is 0 Å². The first-order valence-electron chi connectivity index (χ1n) is 11.3. The molecule has 2 fully saturated rings. The fraction of sp³-hybridized carbons (Fsp3) is 0.409. The molecule has 1 amide bonds. The average molecular weight is 449 g/mol. The molecule has 0 bridgehead atoms. The van der Waals surface area contributed by atoms with Gasteiger partial charge in [0.2, 0.25) is 17.8 Å². The van der Waals surface area contributed by atoms with E-state index in [1.54, 1.807) is 0 Å². The minimum atomic E-state index is -0.586. The monoisotopic (exact) mass is 449 g/mol. The first-order valence-corrected chi connectivity index (χ1v) is 11.3. The predicted molar refractivity (Wildman–Crippen MR) is 121 cm³/mol. The summed E-state index contributed by atoms with van der Waals surface area (Å²) in [5.74, 6) is 1.73. The topological polar surface area (TPSA) is 114 Å². The number of nitrogens with one attached hydrogen (secondary N) is 3. The van der Waals surface area contributed by atoms with Gasteiger partial charge in [0, 0.05) is 30.8 Å². The molecule has 3 N–H and O–H groups in total. The highest BCUT2D eigenvalue weighted by Gasteiger charge is 2.36. The van der Waals surface area contributed by atoms with Crippen LogP contribution in [-0.2, 0) is 4.79 Å². The van der Waals surface area contributed by atoms with Crippen LogP contribution in [0.2, 0.25) is 0 Å². The fourth-order valence-corrected chi connectivity index (χ4v) is 4.45. The molecule has 5 heterocycles. The van der Waals surface area contributed by atoms with Gasteiger partial charge in [-0.05, 0) is 44.2 Å². The zero-order chi connectivity index (χ0) is 22.4. The molecule has 170 valence electrons. The lowest BCUT2D eigenvalue weighted by Gasteiger charge is -2.30. The zero-order valence-corrected chi connectivity index (χ0v) is 18.0. The number of aromatic nitrogens is 3. The summed E-state index contributed by atoms with van der Waals surface area (Å²) in [6.07, 6.45) is 8.23. The molecule has 3 aliphatic heterocycles. The third-order valence-electron chi connectivity index (χ3n) is 6.29. The van der Waals surface area contributed by atoms with Crippen molar-refractivity contribution < 1.29 is 9.18 Å². The minimum absolute atomic E-state index is 0.183. The van der Waals surface area contributed by atoms with E-state index in [0.717, 1.165) is 36.6 Å². The van der Waals surface area contributed by atoms with E-state index in [1.165, 1.54) is 31.2 Å². The van der Waals surface area contributed by atoms with Crippen LogP contribution in [-0.4, -0.2) is 61.9 Å². The van der Waals surface area contributed by atoms with Gasteiger partial charge in [-0.2, -0.15) is 14.5 Å². The van der Waals surface area contributed by atoms with Gasteiger partial charge >= 0.3 is 0 Å². The van der Waals surface area contributed by atoms with Crippen molar-refractivity contribution in [1.29, 1.82) is 0 Å². The summed E-state index contributed by atoms with van der Waals surface area (Å²) in [6.45, 7) is 1.44. The Morgan fingerprint density at radius 1 is 1.21 bits per heavy atom. The van der Waals surface area contributed by atoms with E-state index in [-0.39, 0.29) is 5.91 Å². The van der Waals surface area contributed by atoms with E-state index in [2.05, 4.69) is 31.9 Å². The Morgan fingerprint density at radius 3 is 2.94 bits per heavy atom. The second kappa shape index (κ2) is 7.98. The molecule has 4 aliphatic rings. The first kappa shape index (κ1) is 19.9. The predicted octanol–water partition coefficient (Wildman–Crippen LogP) is 2.61. The Labute approximate surface area is 189 Å². The van der Waals surface area contributed by atoms with Crippen LogP contribution in [0.3, 0.4) is 0 Å². The number of amidine groups is 1. The van der Waals surface area contributed by atoms with E-state index in [9.17, 15) is 9.18 Å². The molecule has 1 saturated carbocycles. The minimum Gasteiger partial charge on any atom is -0.327 e. The molecule has 1 atom stereocenters. The first-order chi connectivity index (χ1) is 16.1. The number of hydrazone groups is 1. The number of pyridine rings is 1. The number of fused-ring (bicyclic) bond motifs is 1. The third-order valence-corrected chi connectivity index (χ3v) is 6.29. The number of nitrogens with zero attached hydrogens (tertiary/aromatic N) is 6. The summed E-state index contributed by atoms with van der Waals surface area (Å²) in [5, 5.41) is 20.3. The van der Waals surface area contributed by atoms with Crippen molar-refractivity contribution in [3.05, 3.63) is 47.8 Å². The van der Waals surface area contributed by atoms with Crippen LogP contribution >= 0.6 is 0 Å². The van der Waals surface area contributed by atoms with Crippen molar-refractivity contribution in [2.45, 2.75) is 44.1 Å². The van der Waals surface area contributed by atoms with Crippen LogP contribution in [0.15, 0.2) is 46.3 Å². The largest absolute Gasteiger partial charge is 0.327 e. The summed E-state index contributed by atoms with van der Waals surface area (Å²) >= 11 is 0. The number of aliphatic imine (C=N–C) groups is 1. The standard InChI is InChI=1S/C22H24FN9O/c23-18-8-7-14(12-24-18)25-21(33)17-4-1-9-31(17)22-27-20(16-3-2-10-32(16)30-22)26-19-11-15(28-29-19)13-5-6-13/h3,7-8,11-13,17H,1-2,4-6,9-10H2,(H,25,33)(H2,26,27,28,29,30)/t17-/m0/s1. The molecule has 10 nitrogen and oxygen atoms in total. The highest BCUT2D eigenvalue weighted by Crippen LogP contribution is 2.39. The number of halogens is 1. The van der Waals surface area contributed by atoms with Crippen molar-refractivity contribution in [2.75, 3.05) is 23.7 Å². The SMILES string of the molecule is O=C(Nc1ccc(F)nc1)[C@@H]1CCCN1C1=NN2CCC=C2C(Nc2cc(C3CC3)[nH]n2)=N1. The molecular weight excluding hydrogens is 425 g/mol. The van der Waals surface area contributed by atoms with E-state index in [1.807, 2.05) is 16.0 Å². The van der Waals surface area contributed by atoms with Gasteiger partial charge in [-0.3, -0.25) is 14.9 Å². The molecule has 2 aromatic heterocycles. The second-order valence-electron chi connectivity index (χ2n) is 8.68. The van der Waals surface area contributed by atoms with Crippen LogP contribution in [0.4, 0.5) is 15.9 Å². The van der Waals surface area contributed by atoms with Crippen molar-refractivity contribution in [3.63, 3.8) is 0 Å². The number of hydrogen-bond donors (Lipinski definition) is 3. The van der Waals surface area contributed by atoms with Crippen LogP contribution in [0.1, 0.15) is 43.7 Å². The molecule has 0 aromatic carbocycles. The van der Waals surface area contributed by atoms with Crippen LogP contribution < -0.4 is 10.6 Å². The van der Waals surface area contributed by atoms with E-state index < -0.39 is 12.0 Å². The van der Waals surface area contributed by atoms with Crippen molar-refractivity contribution in [1.82, 2.24) is 25.1 Å². The normalized spacial score (nSPS) is 22.0. The zero-order valence-electron chi connectivity index (χ0n) is 18.0. The van der Waals surface area contributed by atoms with Gasteiger partial charge in [0.1, 0.15) is 6.04 Å². The van der Waals surface area contributed by atoms with Gasteiger partial charge in [-0.1, -0.05) is 6.08 Å².